The van der Waals surface area contributed by atoms with E-state index in [2.05, 4.69) is 13.8 Å². The van der Waals surface area contributed by atoms with E-state index in [0.29, 0.717) is 12.5 Å². The number of rotatable bonds is 1. The quantitative estimate of drug-likeness (QED) is 0.599. The highest BCUT2D eigenvalue weighted by atomic mass is 16.5. The molecule has 1 heterocycles. The Morgan fingerprint density at radius 3 is 2.70 bits per heavy atom. The van der Waals surface area contributed by atoms with Crippen molar-refractivity contribution in [1.29, 1.82) is 0 Å². The second-order valence-electron chi connectivity index (χ2n) is 3.65. The SMILES string of the molecule is CC1(C)C[C@@H](CO)CCO1. The van der Waals surface area contributed by atoms with E-state index < -0.39 is 0 Å². The maximum Gasteiger partial charge on any atom is 0.0630 e. The van der Waals surface area contributed by atoms with E-state index in [1.807, 2.05) is 0 Å². The van der Waals surface area contributed by atoms with E-state index in [0.717, 1.165) is 19.4 Å². The molecule has 1 rings (SSSR count). The van der Waals surface area contributed by atoms with Crippen molar-refractivity contribution in [2.24, 2.45) is 5.92 Å². The summed E-state index contributed by atoms with van der Waals surface area (Å²) in [7, 11) is 0. The zero-order valence-corrected chi connectivity index (χ0v) is 6.76. The Kier molecular flexibility index (Phi) is 2.32. The van der Waals surface area contributed by atoms with Gasteiger partial charge in [0.05, 0.1) is 5.60 Å². The lowest BCUT2D eigenvalue weighted by Crippen LogP contribution is -2.35. The van der Waals surface area contributed by atoms with Crippen molar-refractivity contribution in [2.75, 3.05) is 13.2 Å². The standard InChI is InChI=1S/C8H16O2/c1-8(2)5-7(6-9)3-4-10-8/h7,9H,3-6H2,1-2H3/t7-/m0/s1. The summed E-state index contributed by atoms with van der Waals surface area (Å²) >= 11 is 0. The Labute approximate surface area is 62.2 Å². The summed E-state index contributed by atoms with van der Waals surface area (Å²) < 4.78 is 5.49. The van der Waals surface area contributed by atoms with Crippen molar-refractivity contribution in [3.05, 3.63) is 0 Å². The van der Waals surface area contributed by atoms with Crippen molar-refractivity contribution in [3.63, 3.8) is 0 Å². The zero-order valence-electron chi connectivity index (χ0n) is 6.76. The van der Waals surface area contributed by atoms with Gasteiger partial charge in [0.1, 0.15) is 0 Å². The Morgan fingerprint density at radius 2 is 2.30 bits per heavy atom. The van der Waals surface area contributed by atoms with Gasteiger partial charge in [0.2, 0.25) is 0 Å². The van der Waals surface area contributed by atoms with Crippen molar-refractivity contribution in [3.8, 4) is 0 Å². The smallest absolute Gasteiger partial charge is 0.0630 e. The van der Waals surface area contributed by atoms with E-state index in [1.165, 1.54) is 0 Å². The maximum atomic E-state index is 8.87. The van der Waals surface area contributed by atoms with E-state index >= 15 is 0 Å². The summed E-state index contributed by atoms with van der Waals surface area (Å²) in [5.74, 6) is 0.462. The molecule has 60 valence electrons. The monoisotopic (exact) mass is 144 g/mol. The highest BCUT2D eigenvalue weighted by Crippen LogP contribution is 2.27. The first kappa shape index (κ1) is 8.02. The number of aliphatic hydroxyl groups excluding tert-OH is 1. The van der Waals surface area contributed by atoms with Crippen LogP contribution in [0, 0.1) is 5.92 Å². The first-order chi connectivity index (χ1) is 4.64. The second kappa shape index (κ2) is 2.89. The van der Waals surface area contributed by atoms with Crippen LogP contribution in [-0.4, -0.2) is 23.9 Å². The van der Waals surface area contributed by atoms with Crippen molar-refractivity contribution in [2.45, 2.75) is 32.3 Å². The molecule has 1 aliphatic rings. The van der Waals surface area contributed by atoms with Crippen LogP contribution >= 0.6 is 0 Å². The van der Waals surface area contributed by atoms with E-state index in [1.54, 1.807) is 0 Å². The number of aliphatic hydroxyl groups is 1. The second-order valence-corrected chi connectivity index (χ2v) is 3.65. The van der Waals surface area contributed by atoms with Crippen molar-refractivity contribution < 1.29 is 9.84 Å². The number of hydrogen-bond donors (Lipinski definition) is 1. The number of hydrogen-bond acceptors (Lipinski definition) is 2. The lowest BCUT2D eigenvalue weighted by Gasteiger charge is -2.34. The van der Waals surface area contributed by atoms with Gasteiger partial charge in [-0.25, -0.2) is 0 Å². The molecular weight excluding hydrogens is 128 g/mol. The fourth-order valence-electron chi connectivity index (χ4n) is 1.51. The molecule has 0 saturated carbocycles. The van der Waals surface area contributed by atoms with Crippen LogP contribution in [0.15, 0.2) is 0 Å². The minimum absolute atomic E-state index is 0.00829. The normalized spacial score (nSPS) is 32.1. The summed E-state index contributed by atoms with van der Waals surface area (Å²) in [6, 6.07) is 0. The fourth-order valence-corrected chi connectivity index (χ4v) is 1.51. The van der Waals surface area contributed by atoms with Gasteiger partial charge in [-0.15, -0.1) is 0 Å². The third-order valence-corrected chi connectivity index (χ3v) is 2.06. The largest absolute Gasteiger partial charge is 0.396 e. The summed E-state index contributed by atoms with van der Waals surface area (Å²) in [6.07, 6.45) is 2.00. The van der Waals surface area contributed by atoms with Gasteiger partial charge in [0.15, 0.2) is 0 Å². The molecule has 1 saturated heterocycles. The third-order valence-electron chi connectivity index (χ3n) is 2.06. The van der Waals surface area contributed by atoms with E-state index in [9.17, 15) is 0 Å². The van der Waals surface area contributed by atoms with Crippen LogP contribution in [0.2, 0.25) is 0 Å². The number of ether oxygens (including phenoxy) is 1. The van der Waals surface area contributed by atoms with Gasteiger partial charge < -0.3 is 9.84 Å². The molecule has 1 atom stereocenters. The molecule has 0 aromatic carbocycles. The van der Waals surface area contributed by atoms with Crippen LogP contribution in [-0.2, 0) is 4.74 Å². The van der Waals surface area contributed by atoms with Gasteiger partial charge in [-0.3, -0.25) is 0 Å². The average molecular weight is 144 g/mol. The summed E-state index contributed by atoms with van der Waals surface area (Å²) in [6.45, 7) is 5.27. The molecule has 0 aromatic rings. The predicted octanol–water partition coefficient (Wildman–Crippen LogP) is 1.18. The predicted molar refractivity (Wildman–Crippen MR) is 39.8 cm³/mol. The van der Waals surface area contributed by atoms with Gasteiger partial charge in [-0.2, -0.15) is 0 Å². The molecule has 1 N–H and O–H groups in total. The fraction of sp³-hybridized carbons (Fsp3) is 1.00. The van der Waals surface area contributed by atoms with Crippen molar-refractivity contribution >= 4 is 0 Å². The topological polar surface area (TPSA) is 29.5 Å². The van der Waals surface area contributed by atoms with Gasteiger partial charge >= 0.3 is 0 Å². The first-order valence-electron chi connectivity index (χ1n) is 3.89. The molecule has 0 aliphatic carbocycles. The van der Waals surface area contributed by atoms with Gasteiger partial charge in [-0.1, -0.05) is 0 Å². The summed E-state index contributed by atoms with van der Waals surface area (Å²) in [4.78, 5) is 0. The molecule has 0 bridgehead atoms. The molecule has 2 heteroatoms. The summed E-state index contributed by atoms with van der Waals surface area (Å²) in [5.41, 5.74) is -0.00829. The Bertz CT molecular complexity index is 110. The van der Waals surface area contributed by atoms with Crippen LogP contribution < -0.4 is 0 Å². The molecule has 0 aromatic heterocycles. The molecule has 0 spiro atoms. The Balaban J connectivity index is 2.40. The Hall–Kier alpha value is -0.0800. The molecule has 0 radical (unpaired) electrons. The lowest BCUT2D eigenvalue weighted by atomic mass is 9.89. The molecule has 10 heavy (non-hydrogen) atoms. The van der Waals surface area contributed by atoms with E-state index in [4.69, 9.17) is 9.84 Å². The zero-order chi connectivity index (χ0) is 7.61. The van der Waals surface area contributed by atoms with Crippen LogP contribution in [0.3, 0.4) is 0 Å². The molecular formula is C8H16O2. The van der Waals surface area contributed by atoms with Crippen molar-refractivity contribution in [1.82, 2.24) is 0 Å². The molecule has 1 aliphatic heterocycles. The maximum absolute atomic E-state index is 8.87. The van der Waals surface area contributed by atoms with Crippen LogP contribution in [0.1, 0.15) is 26.7 Å². The molecule has 2 nitrogen and oxygen atoms in total. The third kappa shape index (κ3) is 1.96. The highest BCUT2D eigenvalue weighted by Gasteiger charge is 2.27. The van der Waals surface area contributed by atoms with Crippen LogP contribution in [0.5, 0.6) is 0 Å². The van der Waals surface area contributed by atoms with Crippen LogP contribution in [0.25, 0.3) is 0 Å². The van der Waals surface area contributed by atoms with Crippen LogP contribution in [0.4, 0.5) is 0 Å². The van der Waals surface area contributed by atoms with E-state index in [-0.39, 0.29) is 5.60 Å². The van der Waals surface area contributed by atoms with Gasteiger partial charge in [0.25, 0.3) is 0 Å². The molecule has 1 fully saturated rings. The summed E-state index contributed by atoms with van der Waals surface area (Å²) in [5, 5.41) is 8.87. The molecule has 0 amide bonds. The Morgan fingerprint density at radius 1 is 1.60 bits per heavy atom. The lowest BCUT2D eigenvalue weighted by molar-refractivity contribution is -0.0802. The van der Waals surface area contributed by atoms with Gasteiger partial charge in [0, 0.05) is 13.2 Å². The van der Waals surface area contributed by atoms with Gasteiger partial charge in [-0.05, 0) is 32.6 Å². The molecule has 0 unspecified atom stereocenters. The average Bonchev–Trinajstić information content (AvgIpc) is 1.86. The highest BCUT2D eigenvalue weighted by molar-refractivity contribution is 4.77. The first-order valence-corrected chi connectivity index (χ1v) is 3.89. The minimum Gasteiger partial charge on any atom is -0.396 e. The minimum atomic E-state index is -0.00829.